The Hall–Kier alpha value is -3.65. The average Bonchev–Trinajstić information content (AvgIpc) is 3.60. The van der Waals surface area contributed by atoms with E-state index in [1.165, 1.54) is 10.3 Å². The number of thiophene rings is 1. The number of unbranched alkanes of at least 4 members (excludes halogenated alkanes) is 2. The zero-order valence-corrected chi connectivity index (χ0v) is 29.3. The van der Waals surface area contributed by atoms with E-state index in [-0.39, 0.29) is 43.6 Å². The number of alkyl halides is 6. The molecule has 2 atom stereocenters. The van der Waals surface area contributed by atoms with Gasteiger partial charge in [-0.3, -0.25) is 14.6 Å². The van der Waals surface area contributed by atoms with Crippen LogP contribution in [0.4, 0.5) is 26.3 Å². The lowest BCUT2D eigenvalue weighted by molar-refractivity contribution is -0.161. The predicted octanol–water partition coefficient (Wildman–Crippen LogP) is 8.52. The molecule has 2 aliphatic rings. The van der Waals surface area contributed by atoms with Crippen LogP contribution in [-0.4, -0.2) is 69.6 Å². The number of nitrogens with zero attached hydrogens (tertiary/aromatic N) is 3. The maximum atomic E-state index is 15.0. The number of pyridine rings is 1. The van der Waals surface area contributed by atoms with E-state index in [1.807, 2.05) is 18.2 Å². The van der Waals surface area contributed by atoms with Crippen molar-refractivity contribution in [3.63, 3.8) is 0 Å². The number of rotatable bonds is 12. The second-order valence-electron chi connectivity index (χ2n) is 13.4. The van der Waals surface area contributed by atoms with Crippen LogP contribution in [0.15, 0.2) is 60.1 Å². The van der Waals surface area contributed by atoms with E-state index in [4.69, 9.17) is 4.74 Å². The molecule has 2 saturated heterocycles. The summed E-state index contributed by atoms with van der Waals surface area (Å²) in [5.74, 6) is -1.71. The Morgan fingerprint density at radius 2 is 1.69 bits per heavy atom. The van der Waals surface area contributed by atoms with Gasteiger partial charge in [0.2, 0.25) is 5.60 Å². The maximum Gasteiger partial charge on any atom is 0.425 e. The van der Waals surface area contributed by atoms with Crippen molar-refractivity contribution >= 4 is 23.2 Å². The van der Waals surface area contributed by atoms with E-state index >= 15 is 0 Å². The third kappa shape index (κ3) is 8.37. The van der Waals surface area contributed by atoms with E-state index in [0.717, 1.165) is 49.2 Å². The Labute approximate surface area is 297 Å². The van der Waals surface area contributed by atoms with Gasteiger partial charge < -0.3 is 19.6 Å². The molecule has 2 fully saturated rings. The number of halogens is 6. The molecule has 1 aromatic carbocycles. The molecule has 4 heterocycles. The fraction of sp³-hybridized carbons (Fsp3) is 0.541. The van der Waals surface area contributed by atoms with E-state index in [9.17, 15) is 41.0 Å². The molecule has 14 heteroatoms. The van der Waals surface area contributed by atoms with Gasteiger partial charge in [-0.15, -0.1) is 11.3 Å². The van der Waals surface area contributed by atoms with Crippen molar-refractivity contribution in [1.82, 2.24) is 14.8 Å². The van der Waals surface area contributed by atoms with Crippen LogP contribution in [0.3, 0.4) is 0 Å². The number of carbonyl (C=O) groups excluding carboxylic acids is 2. The molecule has 0 spiro atoms. The molecule has 7 nitrogen and oxygen atoms in total. The summed E-state index contributed by atoms with van der Waals surface area (Å²) in [4.78, 5) is 34.7. The van der Waals surface area contributed by atoms with Gasteiger partial charge in [0.05, 0.1) is 11.6 Å². The number of aliphatic hydroxyl groups excluding tert-OH is 1. The first-order valence-corrected chi connectivity index (χ1v) is 18.3. The summed E-state index contributed by atoms with van der Waals surface area (Å²) in [5, 5.41) is 10.5. The summed E-state index contributed by atoms with van der Waals surface area (Å²) in [6, 6.07) is 11.6. The smallest absolute Gasteiger partial charge is 0.425 e. The van der Waals surface area contributed by atoms with Gasteiger partial charge in [0.25, 0.3) is 11.8 Å². The molecule has 0 saturated carbocycles. The van der Waals surface area contributed by atoms with E-state index < -0.39 is 51.9 Å². The molecule has 0 radical (unpaired) electrons. The quantitative estimate of drug-likeness (QED) is 0.149. The molecule has 1 N–H and O–H groups in total. The molecular formula is C37H43F6N3O4S. The number of piperidine rings is 2. The summed E-state index contributed by atoms with van der Waals surface area (Å²) >= 11 is 0.417. The Morgan fingerprint density at radius 1 is 0.961 bits per heavy atom. The zero-order chi connectivity index (χ0) is 36.9. The minimum absolute atomic E-state index is 0.0121. The number of aromatic nitrogens is 1. The van der Waals surface area contributed by atoms with Crippen LogP contribution in [-0.2, 0) is 22.6 Å². The number of hydrogen-bond donors (Lipinski definition) is 1. The van der Waals surface area contributed by atoms with Gasteiger partial charge in [-0.25, -0.2) is 0 Å². The zero-order valence-electron chi connectivity index (χ0n) is 28.4. The van der Waals surface area contributed by atoms with Crippen LogP contribution in [0.1, 0.15) is 97.6 Å². The lowest BCUT2D eigenvalue weighted by atomic mass is 9.69. The van der Waals surface area contributed by atoms with Crippen molar-refractivity contribution in [2.45, 2.75) is 101 Å². The minimum atomic E-state index is -4.87. The number of likely N-dealkylation sites (tertiary alicyclic amines) is 2. The summed E-state index contributed by atoms with van der Waals surface area (Å²) in [5.41, 5.74) is -3.00. The molecule has 5 rings (SSSR count). The molecule has 278 valence electrons. The largest absolute Gasteiger partial charge is 0.474 e. The highest BCUT2D eigenvalue weighted by molar-refractivity contribution is 7.10. The lowest BCUT2D eigenvalue weighted by Crippen LogP contribution is -2.68. The fourth-order valence-corrected chi connectivity index (χ4v) is 8.38. The standard InChI is InChI=1S/C37H43F6N3O4S/c1-2-11-29-35(50-27-24-30(51-25-27)37(41,42)43,16-10-20-46(29)32(48)31-28(36(38,39)40)14-9-19-44-31)33(49)45-21-17-34(18-22-45,15-7-4-8-23-47)26-12-5-3-6-13-26/h3,5-6,9,12-14,19,24-25,29,47H,2,4,7-8,10-11,15-18,20-23H2,1H3. The Morgan fingerprint density at radius 3 is 2.31 bits per heavy atom. The third-order valence-corrected chi connectivity index (χ3v) is 11.2. The molecule has 2 aromatic heterocycles. The molecule has 3 aromatic rings. The van der Waals surface area contributed by atoms with Gasteiger partial charge in [0, 0.05) is 50.3 Å². The molecule has 2 amide bonds. The van der Waals surface area contributed by atoms with Crippen molar-refractivity contribution in [1.29, 1.82) is 0 Å². The number of amides is 2. The fourth-order valence-electron chi connectivity index (χ4n) is 7.71. The van der Waals surface area contributed by atoms with E-state index in [2.05, 4.69) is 17.1 Å². The van der Waals surface area contributed by atoms with Crippen molar-refractivity contribution in [2.75, 3.05) is 26.2 Å². The molecule has 51 heavy (non-hydrogen) atoms. The van der Waals surface area contributed by atoms with Gasteiger partial charge in [-0.05, 0) is 61.6 Å². The van der Waals surface area contributed by atoms with Gasteiger partial charge in [-0.1, -0.05) is 56.5 Å². The predicted molar refractivity (Wildman–Crippen MR) is 180 cm³/mol. The summed E-state index contributed by atoms with van der Waals surface area (Å²) in [7, 11) is 0. The highest BCUT2D eigenvalue weighted by Crippen LogP contribution is 2.45. The number of carbonyl (C=O) groups is 2. The van der Waals surface area contributed by atoms with Crippen LogP contribution in [0.2, 0.25) is 0 Å². The Kier molecular flexibility index (Phi) is 12.1. The average molecular weight is 740 g/mol. The summed E-state index contributed by atoms with van der Waals surface area (Å²) in [6.45, 7) is 2.53. The van der Waals surface area contributed by atoms with Crippen molar-refractivity contribution < 1.29 is 45.8 Å². The Bertz CT molecular complexity index is 1620. The monoisotopic (exact) mass is 739 g/mol. The van der Waals surface area contributed by atoms with E-state index in [1.54, 1.807) is 11.8 Å². The first kappa shape index (κ1) is 38.6. The van der Waals surface area contributed by atoms with Crippen LogP contribution in [0.5, 0.6) is 5.75 Å². The number of ether oxygens (including phenoxy) is 1. The minimum Gasteiger partial charge on any atom is -0.474 e. The number of benzene rings is 1. The van der Waals surface area contributed by atoms with Crippen molar-refractivity contribution in [3.8, 4) is 5.75 Å². The maximum absolute atomic E-state index is 15.0. The first-order chi connectivity index (χ1) is 24.3. The molecule has 2 aliphatic heterocycles. The highest BCUT2D eigenvalue weighted by atomic mass is 32.1. The van der Waals surface area contributed by atoms with Crippen LogP contribution in [0, 0.1) is 0 Å². The molecule has 0 bridgehead atoms. The second-order valence-corrected chi connectivity index (χ2v) is 14.3. The molecule has 0 aliphatic carbocycles. The van der Waals surface area contributed by atoms with Gasteiger partial charge in [0.15, 0.2) is 0 Å². The number of hydrogen-bond acceptors (Lipinski definition) is 6. The van der Waals surface area contributed by atoms with E-state index in [0.29, 0.717) is 50.1 Å². The Balaban J connectivity index is 1.52. The topological polar surface area (TPSA) is 83.0 Å². The summed E-state index contributed by atoms with van der Waals surface area (Å²) in [6.07, 6.45) is -3.24. The van der Waals surface area contributed by atoms with Gasteiger partial charge >= 0.3 is 12.4 Å². The normalized spacial score (nSPS) is 21.1. The van der Waals surface area contributed by atoms with Crippen molar-refractivity contribution in [2.24, 2.45) is 0 Å². The molecule has 2 unspecified atom stereocenters. The molecular weight excluding hydrogens is 696 g/mol. The van der Waals surface area contributed by atoms with Crippen molar-refractivity contribution in [3.05, 3.63) is 81.8 Å². The SMILES string of the molecule is CCCC1N(C(=O)c2ncccc2C(F)(F)F)CCCC1(Oc1csc(C(F)(F)F)c1)C(=O)N1CCC(CCCCCO)(c2ccccc2)CC1. The lowest BCUT2D eigenvalue weighted by Gasteiger charge is -2.51. The van der Waals surface area contributed by atoms with Crippen LogP contribution in [0.25, 0.3) is 0 Å². The first-order valence-electron chi connectivity index (χ1n) is 17.4. The third-order valence-electron chi connectivity index (χ3n) is 10.2. The van der Waals surface area contributed by atoms with Gasteiger partial charge in [-0.2, -0.15) is 26.3 Å². The number of aliphatic hydroxyl groups is 1. The summed E-state index contributed by atoms with van der Waals surface area (Å²) < 4.78 is 89.5. The van der Waals surface area contributed by atoms with Crippen LogP contribution >= 0.6 is 11.3 Å². The highest BCUT2D eigenvalue weighted by Gasteiger charge is 2.56. The van der Waals surface area contributed by atoms with Crippen LogP contribution < -0.4 is 4.74 Å². The van der Waals surface area contributed by atoms with Gasteiger partial charge in [0.1, 0.15) is 16.3 Å². The second kappa shape index (κ2) is 15.9.